The van der Waals surface area contributed by atoms with Crippen LogP contribution in [0, 0.1) is 17.4 Å². The van der Waals surface area contributed by atoms with Crippen LogP contribution in [0.5, 0.6) is 0 Å². The Morgan fingerprint density at radius 3 is 2.17 bits per heavy atom. The minimum Gasteiger partial charge on any atom is -0.422 e. The molecule has 0 aliphatic carbocycles. The summed E-state index contributed by atoms with van der Waals surface area (Å²) in [7, 11) is 0. The van der Waals surface area contributed by atoms with Crippen molar-refractivity contribution in [3.8, 4) is 0 Å². The van der Waals surface area contributed by atoms with Gasteiger partial charge in [-0.1, -0.05) is 38.2 Å². The summed E-state index contributed by atoms with van der Waals surface area (Å²) in [6.07, 6.45) is 9.88. The summed E-state index contributed by atoms with van der Waals surface area (Å²) in [6.45, 7) is 18.6. The van der Waals surface area contributed by atoms with Crippen LogP contribution < -0.4 is 0 Å². The van der Waals surface area contributed by atoms with Gasteiger partial charge in [-0.25, -0.2) is 0 Å². The van der Waals surface area contributed by atoms with E-state index in [9.17, 15) is 9.59 Å². The maximum atomic E-state index is 12.4. The van der Waals surface area contributed by atoms with Crippen molar-refractivity contribution in [2.75, 3.05) is 0 Å². The van der Waals surface area contributed by atoms with E-state index in [2.05, 4.69) is 19.9 Å². The molecule has 1 saturated heterocycles. The third-order valence-corrected chi connectivity index (χ3v) is 4.20. The Labute approximate surface area is 145 Å². The Morgan fingerprint density at radius 1 is 1.17 bits per heavy atom. The normalized spacial score (nSPS) is 20.2. The standard InChI is InChI=1S/C20H28O4/c1-8-9-10-12-18(4,5)13-11-14-20(15(2)3)16(21)23-19(6,7)24-17(20)22/h8-9,11,13H,10,12,14H2,1-2,4-7H3/b9-8+,13-11+. The zero-order valence-corrected chi connectivity index (χ0v) is 15.6. The van der Waals surface area contributed by atoms with E-state index in [0.29, 0.717) is 0 Å². The maximum absolute atomic E-state index is 12.4. The number of carbonyl (C=O) groups excluding carboxylic acids is 2. The lowest BCUT2D eigenvalue weighted by molar-refractivity contribution is -0.247. The summed E-state index contributed by atoms with van der Waals surface area (Å²) >= 11 is 0. The maximum Gasteiger partial charge on any atom is 0.331 e. The lowest BCUT2D eigenvalue weighted by Crippen LogP contribution is -2.54. The predicted molar refractivity (Wildman–Crippen MR) is 92.7 cm³/mol. The first-order valence-corrected chi connectivity index (χ1v) is 8.28. The summed E-state index contributed by atoms with van der Waals surface area (Å²) < 4.78 is 10.4. The monoisotopic (exact) mass is 332 g/mol. The number of rotatable bonds is 7. The molecule has 1 heterocycles. The van der Waals surface area contributed by atoms with Gasteiger partial charge in [-0.2, -0.15) is 0 Å². The minimum atomic E-state index is -1.68. The van der Waals surface area contributed by atoms with Crippen LogP contribution in [0.15, 0.2) is 29.9 Å². The second-order valence-corrected chi connectivity index (χ2v) is 7.41. The van der Waals surface area contributed by atoms with Crippen molar-refractivity contribution in [3.63, 3.8) is 0 Å². The van der Waals surface area contributed by atoms with Crippen molar-refractivity contribution < 1.29 is 19.1 Å². The second-order valence-electron chi connectivity index (χ2n) is 7.41. The van der Waals surface area contributed by atoms with Crippen molar-refractivity contribution >= 4 is 11.9 Å². The molecule has 24 heavy (non-hydrogen) atoms. The van der Waals surface area contributed by atoms with E-state index in [4.69, 9.17) is 16.1 Å². The molecule has 0 N–H and O–H groups in total. The number of ether oxygens (including phenoxy) is 2. The highest BCUT2D eigenvalue weighted by molar-refractivity contribution is 6.04. The first kappa shape index (κ1) is 20.2. The lowest BCUT2D eigenvalue weighted by atomic mass is 9.76. The van der Waals surface area contributed by atoms with Gasteiger partial charge >= 0.3 is 11.9 Å². The van der Waals surface area contributed by atoms with E-state index < -0.39 is 23.1 Å². The number of cyclic esters (lactones) is 2. The topological polar surface area (TPSA) is 52.6 Å². The van der Waals surface area contributed by atoms with Crippen molar-refractivity contribution in [2.24, 2.45) is 10.8 Å². The minimum absolute atomic E-state index is 0.0654. The van der Waals surface area contributed by atoms with Gasteiger partial charge in [0.1, 0.15) is 0 Å². The summed E-state index contributed by atoms with van der Waals surface area (Å²) in [6, 6.07) is 0. The predicted octanol–water partition coefficient (Wildman–Crippen LogP) is 4.39. The van der Waals surface area contributed by atoms with Crippen molar-refractivity contribution in [1.29, 1.82) is 0 Å². The third-order valence-electron chi connectivity index (χ3n) is 4.20. The first-order valence-electron chi connectivity index (χ1n) is 8.28. The summed E-state index contributed by atoms with van der Waals surface area (Å²) in [5.41, 5.74) is -1.81. The molecule has 132 valence electrons. The van der Waals surface area contributed by atoms with Gasteiger partial charge in [0.25, 0.3) is 5.79 Å². The Morgan fingerprint density at radius 2 is 1.71 bits per heavy atom. The van der Waals surface area contributed by atoms with E-state index in [1.165, 1.54) is 20.8 Å². The molecular weight excluding hydrogens is 304 g/mol. The Balaban J connectivity index is 2.95. The largest absolute Gasteiger partial charge is 0.422 e. The van der Waals surface area contributed by atoms with Crippen molar-refractivity contribution in [2.45, 2.75) is 66.6 Å². The van der Waals surface area contributed by atoms with E-state index in [1.807, 2.05) is 19.1 Å². The molecule has 0 bridgehead atoms. The number of carbonyl (C=O) groups is 2. The summed E-state index contributed by atoms with van der Waals surface area (Å²) in [5, 5.41) is 0. The molecule has 0 aromatic rings. The molecule has 0 spiro atoms. The number of allylic oxidation sites excluding steroid dienone is 4. The van der Waals surface area contributed by atoms with Gasteiger partial charge in [-0.3, -0.25) is 9.59 Å². The molecule has 1 fully saturated rings. The molecule has 0 atom stereocenters. The highest BCUT2D eigenvalue weighted by atomic mass is 16.7. The van der Waals surface area contributed by atoms with Crippen molar-refractivity contribution in [3.05, 3.63) is 36.5 Å². The molecule has 4 nitrogen and oxygen atoms in total. The first-order chi connectivity index (χ1) is 11.0. The lowest BCUT2D eigenvalue weighted by Gasteiger charge is -2.40. The van der Waals surface area contributed by atoms with Gasteiger partial charge < -0.3 is 9.47 Å². The van der Waals surface area contributed by atoms with Gasteiger partial charge in [0.15, 0.2) is 5.41 Å². The molecule has 1 aliphatic heterocycles. The van der Waals surface area contributed by atoms with Gasteiger partial charge in [0, 0.05) is 13.8 Å². The molecule has 1 rings (SSSR count). The Bertz CT molecular complexity index is 544. The SMILES string of the molecule is [C]=C(C)C1(C/C=C/C(C)(C)CC/C=C/C)C(=O)OC(C)(C)OC1=O. The fraction of sp³-hybridized carbons (Fsp3) is 0.600. The van der Waals surface area contributed by atoms with E-state index in [0.717, 1.165) is 12.8 Å². The third kappa shape index (κ3) is 4.59. The average Bonchev–Trinajstić information content (AvgIpc) is 2.40. The van der Waals surface area contributed by atoms with E-state index in [1.54, 1.807) is 6.08 Å². The highest BCUT2D eigenvalue weighted by Gasteiger charge is 2.56. The zero-order chi connectivity index (χ0) is 18.6. The highest BCUT2D eigenvalue weighted by Crippen LogP contribution is 2.41. The van der Waals surface area contributed by atoms with Crippen LogP contribution in [0.1, 0.15) is 60.8 Å². The van der Waals surface area contributed by atoms with Crippen molar-refractivity contribution in [1.82, 2.24) is 0 Å². The van der Waals surface area contributed by atoms with E-state index in [-0.39, 0.29) is 17.4 Å². The molecule has 1 aliphatic rings. The fourth-order valence-electron chi connectivity index (χ4n) is 2.61. The zero-order valence-electron chi connectivity index (χ0n) is 15.6. The quantitative estimate of drug-likeness (QED) is 0.394. The van der Waals surface area contributed by atoms with Crippen LogP contribution in [-0.2, 0) is 19.1 Å². The molecule has 0 unspecified atom stereocenters. The van der Waals surface area contributed by atoms with Crippen LogP contribution in [0.4, 0.5) is 0 Å². The van der Waals surface area contributed by atoms with Gasteiger partial charge in [0.2, 0.25) is 0 Å². The Hall–Kier alpha value is -1.84. The molecule has 0 aromatic heterocycles. The molecule has 0 saturated carbocycles. The fourth-order valence-corrected chi connectivity index (χ4v) is 2.61. The van der Waals surface area contributed by atoms with Crippen LogP contribution >= 0.6 is 0 Å². The van der Waals surface area contributed by atoms with Crippen LogP contribution in [0.25, 0.3) is 0 Å². The molecule has 0 amide bonds. The molecule has 0 aromatic carbocycles. The van der Waals surface area contributed by atoms with Crippen LogP contribution in [-0.4, -0.2) is 17.7 Å². The molecular formula is C20H28O4. The Kier molecular flexibility index (Phi) is 6.20. The van der Waals surface area contributed by atoms with Gasteiger partial charge in [-0.05, 0) is 50.7 Å². The van der Waals surface area contributed by atoms with Crippen LogP contribution in [0.2, 0.25) is 0 Å². The molecule has 4 heteroatoms. The average molecular weight is 332 g/mol. The number of esters is 2. The van der Waals surface area contributed by atoms with Crippen LogP contribution in [0.3, 0.4) is 0 Å². The van der Waals surface area contributed by atoms with E-state index >= 15 is 0 Å². The van der Waals surface area contributed by atoms with Gasteiger partial charge in [0.05, 0.1) is 0 Å². The van der Waals surface area contributed by atoms with Gasteiger partial charge in [-0.15, -0.1) is 0 Å². The number of hydrogen-bond acceptors (Lipinski definition) is 4. The summed E-state index contributed by atoms with van der Waals surface area (Å²) in [4.78, 5) is 24.9. The summed E-state index contributed by atoms with van der Waals surface area (Å²) in [5.74, 6) is -2.72. The number of hydrogen-bond donors (Lipinski definition) is 0. The molecule has 2 radical (unpaired) electrons. The second kappa shape index (κ2) is 7.37. The smallest absolute Gasteiger partial charge is 0.331 e.